The summed E-state index contributed by atoms with van der Waals surface area (Å²) in [5, 5.41) is 0. The molecule has 0 atom stereocenters. The summed E-state index contributed by atoms with van der Waals surface area (Å²) in [4.78, 5) is 19.3. The number of nitrogens with zero attached hydrogens (tertiary/aromatic N) is 2. The summed E-state index contributed by atoms with van der Waals surface area (Å²) in [6, 6.07) is 0. The normalized spacial score (nSPS) is 11.1. The van der Waals surface area contributed by atoms with Crippen LogP contribution in [0.3, 0.4) is 0 Å². The average Bonchev–Trinajstić information content (AvgIpc) is 2.06. The predicted octanol–water partition coefficient (Wildman–Crippen LogP) is 1.59. The summed E-state index contributed by atoms with van der Waals surface area (Å²) in [6.07, 6.45) is 2.87. The molecule has 0 amide bonds. The van der Waals surface area contributed by atoms with Crippen molar-refractivity contribution in [2.24, 2.45) is 14.7 Å². The van der Waals surface area contributed by atoms with Gasteiger partial charge in [-0.1, -0.05) is 6.92 Å². The van der Waals surface area contributed by atoms with Gasteiger partial charge in [-0.2, -0.15) is 0 Å². The molecule has 12 heavy (non-hydrogen) atoms. The summed E-state index contributed by atoms with van der Waals surface area (Å²) < 4.78 is 6.67. The highest BCUT2D eigenvalue weighted by molar-refractivity contribution is 7.98. The van der Waals surface area contributed by atoms with E-state index in [1.807, 2.05) is 6.92 Å². The van der Waals surface area contributed by atoms with Crippen molar-refractivity contribution in [2.75, 3.05) is 11.5 Å². The summed E-state index contributed by atoms with van der Waals surface area (Å²) in [7, 11) is 0. The Hall–Kier alpha value is -0.540. The molecule has 0 unspecified atom stereocenters. The molecule has 0 heterocycles. The lowest BCUT2D eigenvalue weighted by molar-refractivity contribution is 0.565. The summed E-state index contributed by atoms with van der Waals surface area (Å²) in [5.74, 6) is 1.82. The standard InChI is InChI=1S/C6H8N2O2S2/c1-6(2-11-7-4-9)3-12-8-5-10/h6H,2-3H2,1H3. The molecule has 0 aliphatic carbocycles. The quantitative estimate of drug-likeness (QED) is 0.374. The van der Waals surface area contributed by atoms with Crippen LogP contribution in [-0.2, 0) is 9.59 Å². The van der Waals surface area contributed by atoms with Crippen LogP contribution in [0.2, 0.25) is 0 Å². The van der Waals surface area contributed by atoms with E-state index in [1.165, 1.54) is 36.1 Å². The van der Waals surface area contributed by atoms with Gasteiger partial charge in [0.25, 0.3) is 0 Å². The second-order valence-electron chi connectivity index (χ2n) is 2.06. The van der Waals surface area contributed by atoms with Gasteiger partial charge in [0.1, 0.15) is 0 Å². The van der Waals surface area contributed by atoms with Crippen LogP contribution in [0.1, 0.15) is 6.92 Å². The van der Waals surface area contributed by atoms with E-state index in [0.717, 1.165) is 11.5 Å². The van der Waals surface area contributed by atoms with Gasteiger partial charge in [-0.3, -0.25) is 0 Å². The van der Waals surface area contributed by atoms with Crippen LogP contribution in [0.25, 0.3) is 0 Å². The lowest BCUT2D eigenvalue weighted by Gasteiger charge is -2.03. The van der Waals surface area contributed by atoms with Gasteiger partial charge in [0.05, 0.1) is 0 Å². The Morgan fingerprint density at radius 1 is 1.17 bits per heavy atom. The Morgan fingerprint density at radius 3 is 1.92 bits per heavy atom. The molecule has 0 aromatic carbocycles. The second kappa shape index (κ2) is 8.56. The monoisotopic (exact) mass is 204 g/mol. The van der Waals surface area contributed by atoms with Crippen molar-refractivity contribution in [3.05, 3.63) is 0 Å². The molecule has 0 fully saturated rings. The first-order valence-electron chi connectivity index (χ1n) is 3.19. The fourth-order valence-corrected chi connectivity index (χ4v) is 1.58. The number of hydrogen-bond donors (Lipinski definition) is 0. The summed E-state index contributed by atoms with van der Waals surface area (Å²) in [6.45, 7) is 1.99. The van der Waals surface area contributed by atoms with Crippen LogP contribution in [0.15, 0.2) is 8.80 Å². The Morgan fingerprint density at radius 2 is 1.58 bits per heavy atom. The fraction of sp³-hybridized carbons (Fsp3) is 0.667. The first-order chi connectivity index (χ1) is 5.81. The lowest BCUT2D eigenvalue weighted by atomic mass is 10.3. The van der Waals surface area contributed by atoms with Crippen molar-refractivity contribution in [3.8, 4) is 0 Å². The Labute approximate surface area is 79.2 Å². The molecule has 66 valence electrons. The SMILES string of the molecule is CC(CSN=C=O)CSN=C=O. The second-order valence-corrected chi connectivity index (χ2v) is 3.61. The van der Waals surface area contributed by atoms with Crippen molar-refractivity contribution in [3.63, 3.8) is 0 Å². The minimum absolute atomic E-state index is 0.356. The van der Waals surface area contributed by atoms with Crippen LogP contribution in [-0.4, -0.2) is 23.7 Å². The lowest BCUT2D eigenvalue weighted by Crippen LogP contribution is -1.99. The summed E-state index contributed by atoms with van der Waals surface area (Å²) in [5.41, 5.74) is 0. The first kappa shape index (κ1) is 11.5. The van der Waals surface area contributed by atoms with Crippen molar-refractivity contribution in [1.82, 2.24) is 0 Å². The highest BCUT2D eigenvalue weighted by Gasteiger charge is 2.01. The zero-order valence-electron chi connectivity index (χ0n) is 6.52. The summed E-state index contributed by atoms with van der Waals surface area (Å²) >= 11 is 2.33. The van der Waals surface area contributed by atoms with Crippen LogP contribution >= 0.6 is 23.9 Å². The van der Waals surface area contributed by atoms with E-state index in [9.17, 15) is 9.59 Å². The third kappa shape index (κ3) is 7.57. The van der Waals surface area contributed by atoms with Gasteiger partial charge in [-0.15, -0.1) is 8.80 Å². The zero-order valence-corrected chi connectivity index (χ0v) is 8.15. The molecule has 6 heteroatoms. The Bertz CT molecular complexity index is 188. The molecule has 0 aromatic rings. The van der Waals surface area contributed by atoms with Crippen molar-refractivity contribution >= 4 is 36.1 Å². The van der Waals surface area contributed by atoms with Crippen LogP contribution in [0.4, 0.5) is 0 Å². The molecule has 0 saturated carbocycles. The topological polar surface area (TPSA) is 58.9 Å². The van der Waals surface area contributed by atoms with Crippen LogP contribution in [0.5, 0.6) is 0 Å². The molecule has 0 radical (unpaired) electrons. The maximum atomic E-state index is 9.66. The van der Waals surface area contributed by atoms with E-state index < -0.39 is 0 Å². The van der Waals surface area contributed by atoms with Gasteiger partial charge in [-0.25, -0.2) is 9.59 Å². The smallest absolute Gasteiger partial charge is 0.210 e. The maximum Gasteiger partial charge on any atom is 0.247 e. The largest absolute Gasteiger partial charge is 0.247 e. The molecule has 0 aliphatic rings. The van der Waals surface area contributed by atoms with E-state index in [-0.39, 0.29) is 0 Å². The minimum atomic E-state index is 0.356. The molecular weight excluding hydrogens is 196 g/mol. The minimum Gasteiger partial charge on any atom is -0.210 e. The molecule has 0 aliphatic heterocycles. The molecule has 0 rings (SSSR count). The van der Waals surface area contributed by atoms with Gasteiger partial charge in [0.15, 0.2) is 0 Å². The van der Waals surface area contributed by atoms with Gasteiger partial charge in [-0.05, 0) is 29.8 Å². The molecule has 0 aromatic heterocycles. The number of rotatable bonds is 6. The number of carbonyl (C=O) groups excluding carboxylic acids is 2. The van der Waals surface area contributed by atoms with Crippen LogP contribution in [0, 0.1) is 5.92 Å². The van der Waals surface area contributed by atoms with Crippen LogP contribution < -0.4 is 0 Å². The third-order valence-electron chi connectivity index (χ3n) is 0.922. The zero-order chi connectivity index (χ0) is 9.23. The maximum absolute atomic E-state index is 9.66. The van der Waals surface area contributed by atoms with Gasteiger partial charge >= 0.3 is 0 Å². The van der Waals surface area contributed by atoms with Gasteiger partial charge in [0, 0.05) is 11.5 Å². The predicted molar refractivity (Wildman–Crippen MR) is 50.3 cm³/mol. The average molecular weight is 204 g/mol. The highest BCUT2D eigenvalue weighted by atomic mass is 32.2. The molecule has 0 N–H and O–H groups in total. The molecule has 0 spiro atoms. The van der Waals surface area contributed by atoms with E-state index in [0.29, 0.717) is 5.92 Å². The first-order valence-corrected chi connectivity index (χ1v) is 5.08. The van der Waals surface area contributed by atoms with E-state index in [1.54, 1.807) is 0 Å². The molecule has 4 nitrogen and oxygen atoms in total. The Kier molecular flexibility index (Phi) is 8.17. The van der Waals surface area contributed by atoms with Crippen molar-refractivity contribution in [2.45, 2.75) is 6.92 Å². The fourth-order valence-electron chi connectivity index (χ4n) is 0.430. The van der Waals surface area contributed by atoms with Crippen molar-refractivity contribution < 1.29 is 9.59 Å². The highest BCUT2D eigenvalue weighted by Crippen LogP contribution is 2.14. The van der Waals surface area contributed by atoms with Crippen molar-refractivity contribution in [1.29, 1.82) is 0 Å². The van der Waals surface area contributed by atoms with Gasteiger partial charge in [0.2, 0.25) is 12.2 Å². The number of isocyanates is 2. The van der Waals surface area contributed by atoms with E-state index in [4.69, 9.17) is 0 Å². The molecule has 0 saturated heterocycles. The van der Waals surface area contributed by atoms with Gasteiger partial charge < -0.3 is 0 Å². The number of hydrogen-bond acceptors (Lipinski definition) is 6. The Balaban J connectivity index is 3.38. The molecular formula is C6H8N2O2S2. The third-order valence-corrected chi connectivity index (χ3v) is 2.77. The van der Waals surface area contributed by atoms with E-state index >= 15 is 0 Å². The molecule has 0 bridgehead atoms. The van der Waals surface area contributed by atoms with E-state index in [2.05, 4.69) is 8.80 Å².